The Balaban J connectivity index is 1.02. The lowest BCUT2D eigenvalue weighted by Crippen LogP contribution is -2.10. The second-order valence-electron chi connectivity index (χ2n) is 16.0. The van der Waals surface area contributed by atoms with E-state index in [4.69, 9.17) is 0 Å². The molecule has 0 saturated carbocycles. The predicted octanol–water partition coefficient (Wildman–Crippen LogP) is 17.7. The highest BCUT2D eigenvalue weighted by molar-refractivity contribution is 7.26. The number of nitrogens with zero attached hydrogens (tertiary/aromatic N) is 1. The molecule has 0 amide bonds. The van der Waals surface area contributed by atoms with Crippen LogP contribution in [0.1, 0.15) is 0 Å². The van der Waals surface area contributed by atoms with Crippen molar-refractivity contribution >= 4 is 80.9 Å². The van der Waals surface area contributed by atoms with Crippen LogP contribution in [0.3, 0.4) is 0 Å². The molecule has 0 bridgehead atoms. The first-order valence-corrected chi connectivity index (χ1v) is 22.1. The van der Waals surface area contributed by atoms with Crippen LogP contribution in [0.5, 0.6) is 0 Å². The molecule has 0 aliphatic carbocycles. The Morgan fingerprint density at radius 1 is 0.290 bits per heavy atom. The third-order valence-corrected chi connectivity index (χ3v) is 13.7. The van der Waals surface area contributed by atoms with Crippen molar-refractivity contribution in [3.63, 3.8) is 0 Å². The van der Waals surface area contributed by atoms with Gasteiger partial charge in [0, 0.05) is 36.9 Å². The smallest absolute Gasteiger partial charge is 0.0540 e. The van der Waals surface area contributed by atoms with Gasteiger partial charge in [-0.15, -0.1) is 11.3 Å². The molecular weight excluding hydrogens is 767 g/mol. The van der Waals surface area contributed by atoms with Crippen LogP contribution in [-0.4, -0.2) is 0 Å². The van der Waals surface area contributed by atoms with Gasteiger partial charge in [0.05, 0.1) is 5.69 Å². The normalized spacial score (nSPS) is 11.5. The van der Waals surface area contributed by atoms with E-state index in [9.17, 15) is 0 Å². The minimum absolute atomic E-state index is 1.10. The minimum Gasteiger partial charge on any atom is -0.310 e. The van der Waals surface area contributed by atoms with Crippen molar-refractivity contribution < 1.29 is 0 Å². The molecule has 12 aromatic rings. The molecule has 1 aromatic heterocycles. The summed E-state index contributed by atoms with van der Waals surface area (Å²) in [6.45, 7) is 0. The number of rotatable bonds is 7. The van der Waals surface area contributed by atoms with Gasteiger partial charge in [-0.2, -0.15) is 0 Å². The monoisotopic (exact) mass is 805 g/mol. The maximum atomic E-state index is 2.42. The molecule has 0 spiro atoms. The first-order valence-electron chi connectivity index (χ1n) is 21.3. The maximum absolute atomic E-state index is 2.42. The molecule has 12 rings (SSSR count). The Morgan fingerprint density at radius 2 is 0.855 bits per heavy atom. The topological polar surface area (TPSA) is 3.24 Å². The van der Waals surface area contributed by atoms with Gasteiger partial charge in [-0.3, -0.25) is 0 Å². The van der Waals surface area contributed by atoms with Crippen molar-refractivity contribution in [1.29, 1.82) is 0 Å². The van der Waals surface area contributed by atoms with E-state index < -0.39 is 0 Å². The highest BCUT2D eigenvalue weighted by Gasteiger charge is 2.20. The first kappa shape index (κ1) is 36.1. The van der Waals surface area contributed by atoms with E-state index in [-0.39, 0.29) is 0 Å². The predicted molar refractivity (Wildman–Crippen MR) is 268 cm³/mol. The van der Waals surface area contributed by atoms with Gasteiger partial charge in [0.15, 0.2) is 0 Å². The van der Waals surface area contributed by atoms with Crippen LogP contribution >= 0.6 is 11.3 Å². The lowest BCUT2D eigenvalue weighted by molar-refractivity contribution is 1.30. The van der Waals surface area contributed by atoms with Gasteiger partial charge in [0.2, 0.25) is 0 Å². The third kappa shape index (κ3) is 6.07. The molecular formula is C60H39NS. The summed E-state index contributed by atoms with van der Waals surface area (Å²) in [6, 6.07) is 86.7. The number of fused-ring (bicyclic) bond motifs is 7. The summed E-state index contributed by atoms with van der Waals surface area (Å²) in [5.41, 5.74) is 13.1. The SMILES string of the molecule is c1ccc(-c2c(-c3ccccc3)c3cc(-c4ccc(N(c5cccc(-c6cccc7c6sc6ccccc67)c5)c5cccc6ccccc56)cc4)ccc3c3ccccc23)cc1. The molecule has 1 heterocycles. The summed E-state index contributed by atoms with van der Waals surface area (Å²) >= 11 is 1.88. The molecule has 0 fully saturated rings. The molecule has 1 nitrogen and oxygen atoms in total. The molecule has 0 unspecified atom stereocenters. The van der Waals surface area contributed by atoms with Crippen molar-refractivity contribution in [1.82, 2.24) is 0 Å². The molecule has 2 heteroatoms. The summed E-state index contributed by atoms with van der Waals surface area (Å²) in [4.78, 5) is 2.42. The summed E-state index contributed by atoms with van der Waals surface area (Å²) in [7, 11) is 0. The van der Waals surface area contributed by atoms with E-state index in [0.717, 1.165) is 17.1 Å². The fourth-order valence-electron chi connectivity index (χ4n) is 9.60. The molecule has 62 heavy (non-hydrogen) atoms. The summed E-state index contributed by atoms with van der Waals surface area (Å²) in [5, 5.41) is 10.1. The van der Waals surface area contributed by atoms with Gasteiger partial charge in [-0.25, -0.2) is 0 Å². The van der Waals surface area contributed by atoms with E-state index in [1.807, 2.05) is 11.3 Å². The quantitative estimate of drug-likeness (QED) is 0.145. The van der Waals surface area contributed by atoms with E-state index in [1.54, 1.807) is 0 Å². The van der Waals surface area contributed by atoms with Crippen LogP contribution < -0.4 is 4.90 Å². The van der Waals surface area contributed by atoms with Gasteiger partial charge < -0.3 is 4.90 Å². The molecule has 0 atom stereocenters. The Labute approximate surface area is 365 Å². The number of anilines is 3. The van der Waals surface area contributed by atoms with Gasteiger partial charge in [-0.05, 0) is 114 Å². The number of hydrogen-bond acceptors (Lipinski definition) is 2. The van der Waals surface area contributed by atoms with Crippen LogP contribution in [0.4, 0.5) is 17.1 Å². The van der Waals surface area contributed by atoms with Gasteiger partial charge in [0.25, 0.3) is 0 Å². The lowest BCUT2D eigenvalue weighted by Gasteiger charge is -2.27. The maximum Gasteiger partial charge on any atom is 0.0540 e. The summed E-state index contributed by atoms with van der Waals surface area (Å²) < 4.78 is 2.64. The summed E-state index contributed by atoms with van der Waals surface area (Å²) in [6.07, 6.45) is 0. The lowest BCUT2D eigenvalue weighted by atomic mass is 9.84. The van der Waals surface area contributed by atoms with Gasteiger partial charge in [0.1, 0.15) is 0 Å². The molecule has 290 valence electrons. The fourth-order valence-corrected chi connectivity index (χ4v) is 10.8. The van der Waals surface area contributed by atoms with E-state index >= 15 is 0 Å². The number of thiophene rings is 1. The number of hydrogen-bond donors (Lipinski definition) is 0. The van der Waals surface area contributed by atoms with Crippen LogP contribution in [0.25, 0.3) is 97.0 Å². The van der Waals surface area contributed by atoms with E-state index in [2.05, 4.69) is 241 Å². The first-order chi connectivity index (χ1) is 30.8. The second kappa shape index (κ2) is 15.0. The zero-order chi connectivity index (χ0) is 41.0. The molecule has 11 aromatic carbocycles. The van der Waals surface area contributed by atoms with Crippen LogP contribution in [0.2, 0.25) is 0 Å². The zero-order valence-electron chi connectivity index (χ0n) is 33.9. The molecule has 0 saturated heterocycles. The fraction of sp³-hybridized carbons (Fsp3) is 0. The molecule has 0 aliphatic heterocycles. The van der Waals surface area contributed by atoms with Gasteiger partial charge >= 0.3 is 0 Å². The Morgan fingerprint density at radius 3 is 1.65 bits per heavy atom. The molecule has 0 aliphatic rings. The third-order valence-electron chi connectivity index (χ3n) is 12.4. The van der Waals surface area contributed by atoms with Gasteiger partial charge in [-0.1, -0.05) is 194 Å². The largest absolute Gasteiger partial charge is 0.310 e. The van der Waals surface area contributed by atoms with Crippen molar-refractivity contribution in [2.24, 2.45) is 0 Å². The van der Waals surface area contributed by atoms with Crippen molar-refractivity contribution in [2.75, 3.05) is 4.90 Å². The Kier molecular flexibility index (Phi) is 8.76. The molecule has 0 radical (unpaired) electrons. The van der Waals surface area contributed by atoms with Crippen molar-refractivity contribution in [2.45, 2.75) is 0 Å². The standard InChI is InChI=1S/C60H39NS/c1-3-17-42(18-4-1)58-53-27-10-9-25-50(53)51-37-34-44(39-55(51)59(58)43-19-5-2-6-20-43)40-32-35-46(36-33-40)61(56-30-14-21-41-16-7-8-24-48(41)56)47-23-13-22-45(38-47)49-28-15-29-54-52-26-11-12-31-57(52)62-60(49)54/h1-39H. The molecule has 0 N–H and O–H groups in total. The van der Waals surface area contributed by atoms with Crippen LogP contribution in [0, 0.1) is 0 Å². The van der Waals surface area contributed by atoms with Crippen LogP contribution in [-0.2, 0) is 0 Å². The highest BCUT2D eigenvalue weighted by Crippen LogP contribution is 2.47. The highest BCUT2D eigenvalue weighted by atomic mass is 32.1. The average molecular weight is 806 g/mol. The van der Waals surface area contributed by atoms with E-state index in [1.165, 1.54) is 97.0 Å². The van der Waals surface area contributed by atoms with Crippen LogP contribution in [0.15, 0.2) is 237 Å². The van der Waals surface area contributed by atoms with E-state index in [0.29, 0.717) is 0 Å². The summed E-state index contributed by atoms with van der Waals surface area (Å²) in [5.74, 6) is 0. The van der Waals surface area contributed by atoms with Crippen molar-refractivity contribution in [3.05, 3.63) is 237 Å². The second-order valence-corrected chi connectivity index (χ2v) is 17.1. The zero-order valence-corrected chi connectivity index (χ0v) is 34.7. The Hall–Kier alpha value is -7.78. The number of benzene rings is 11. The average Bonchev–Trinajstić information content (AvgIpc) is 3.73. The van der Waals surface area contributed by atoms with Crippen molar-refractivity contribution in [3.8, 4) is 44.5 Å². The Bertz CT molecular complexity index is 3620. The minimum atomic E-state index is 1.10.